The Kier molecular flexibility index (Phi) is 4.86. The smallest absolute Gasteiger partial charge is 0.257 e. The van der Waals surface area contributed by atoms with Gasteiger partial charge < -0.3 is 15.0 Å². The molecule has 2 aromatic carbocycles. The van der Waals surface area contributed by atoms with E-state index in [-0.39, 0.29) is 23.4 Å². The summed E-state index contributed by atoms with van der Waals surface area (Å²) in [4.78, 5) is 26.5. The first kappa shape index (κ1) is 18.5. The first-order valence-corrected chi connectivity index (χ1v) is 8.76. The lowest BCUT2D eigenvalue weighted by molar-refractivity contribution is -0.127. The van der Waals surface area contributed by atoms with Gasteiger partial charge in [0.25, 0.3) is 5.91 Å². The van der Waals surface area contributed by atoms with E-state index in [9.17, 15) is 9.59 Å². The molecule has 0 atom stereocenters. The Morgan fingerprint density at radius 3 is 2.62 bits per heavy atom. The summed E-state index contributed by atoms with van der Waals surface area (Å²) >= 11 is 11.9. The number of fused-ring (bicyclic) bond motifs is 1. The molecular weight excluding hydrogens is 375 g/mol. The lowest BCUT2D eigenvalue weighted by atomic mass is 9.93. The van der Waals surface area contributed by atoms with Gasteiger partial charge in [0, 0.05) is 23.8 Å². The standard InChI is InChI=1S/C19H18Cl2N2O3/c1-19(2)10-26-16-9-12(5-7-15(16)23(3)18(19)25)22-17(24)13-6-4-11(20)8-14(13)21/h4-9H,10H2,1-3H3,(H,22,24). The molecule has 3 rings (SSSR count). The molecule has 0 bridgehead atoms. The van der Waals surface area contributed by atoms with E-state index in [2.05, 4.69) is 5.32 Å². The molecule has 0 radical (unpaired) electrons. The van der Waals surface area contributed by atoms with Gasteiger partial charge in [0.15, 0.2) is 0 Å². The Morgan fingerprint density at radius 2 is 1.92 bits per heavy atom. The number of nitrogens with zero attached hydrogens (tertiary/aromatic N) is 1. The molecule has 26 heavy (non-hydrogen) atoms. The number of amides is 2. The number of anilines is 2. The maximum Gasteiger partial charge on any atom is 0.257 e. The lowest BCUT2D eigenvalue weighted by Crippen LogP contribution is -2.39. The molecule has 1 N–H and O–H groups in total. The van der Waals surface area contributed by atoms with Crippen LogP contribution < -0.4 is 15.0 Å². The van der Waals surface area contributed by atoms with Gasteiger partial charge in [0.2, 0.25) is 5.91 Å². The number of benzene rings is 2. The molecule has 0 saturated carbocycles. The van der Waals surface area contributed by atoms with Crippen LogP contribution in [0, 0.1) is 5.41 Å². The average Bonchev–Trinajstić information content (AvgIpc) is 2.65. The summed E-state index contributed by atoms with van der Waals surface area (Å²) in [5, 5.41) is 3.52. The third-order valence-corrected chi connectivity index (χ3v) is 4.77. The molecule has 2 amide bonds. The van der Waals surface area contributed by atoms with Crippen LogP contribution in [0.15, 0.2) is 36.4 Å². The van der Waals surface area contributed by atoms with E-state index in [1.807, 2.05) is 13.8 Å². The lowest BCUT2D eigenvalue weighted by Gasteiger charge is -2.24. The minimum Gasteiger partial charge on any atom is -0.490 e. The highest BCUT2D eigenvalue weighted by Crippen LogP contribution is 2.37. The highest BCUT2D eigenvalue weighted by molar-refractivity contribution is 6.37. The van der Waals surface area contributed by atoms with E-state index in [0.717, 1.165) is 0 Å². The molecule has 1 aliphatic heterocycles. The number of halogens is 2. The van der Waals surface area contributed by atoms with Crippen molar-refractivity contribution in [3.05, 3.63) is 52.0 Å². The Labute approximate surface area is 161 Å². The van der Waals surface area contributed by atoms with Gasteiger partial charge in [-0.1, -0.05) is 23.2 Å². The molecule has 0 aromatic heterocycles. The second kappa shape index (κ2) is 6.82. The quantitative estimate of drug-likeness (QED) is 0.810. The average molecular weight is 393 g/mol. The SMILES string of the molecule is CN1C(=O)C(C)(C)COc2cc(NC(=O)c3ccc(Cl)cc3Cl)ccc21. The van der Waals surface area contributed by atoms with Gasteiger partial charge in [-0.05, 0) is 44.2 Å². The van der Waals surface area contributed by atoms with Crippen molar-refractivity contribution in [2.45, 2.75) is 13.8 Å². The Morgan fingerprint density at radius 1 is 1.19 bits per heavy atom. The minimum atomic E-state index is -0.631. The largest absolute Gasteiger partial charge is 0.490 e. The van der Waals surface area contributed by atoms with E-state index in [1.165, 1.54) is 6.07 Å². The van der Waals surface area contributed by atoms with Gasteiger partial charge in [-0.3, -0.25) is 9.59 Å². The van der Waals surface area contributed by atoms with Crippen LogP contribution in [-0.4, -0.2) is 25.5 Å². The number of hydrogen-bond donors (Lipinski definition) is 1. The fraction of sp³-hybridized carbons (Fsp3) is 0.263. The minimum absolute atomic E-state index is 0.0269. The zero-order valence-corrected chi connectivity index (χ0v) is 16.1. The Balaban J connectivity index is 1.87. The van der Waals surface area contributed by atoms with Crippen LogP contribution in [0.25, 0.3) is 0 Å². The van der Waals surface area contributed by atoms with Crippen LogP contribution in [0.4, 0.5) is 11.4 Å². The van der Waals surface area contributed by atoms with Crippen LogP contribution >= 0.6 is 23.2 Å². The maximum atomic E-state index is 12.5. The topological polar surface area (TPSA) is 58.6 Å². The number of carbonyl (C=O) groups excluding carboxylic acids is 2. The molecule has 0 spiro atoms. The van der Waals surface area contributed by atoms with Crippen LogP contribution in [-0.2, 0) is 4.79 Å². The number of carbonyl (C=O) groups is 2. The number of hydrogen-bond acceptors (Lipinski definition) is 3. The number of rotatable bonds is 2. The van der Waals surface area contributed by atoms with Gasteiger partial charge in [-0.25, -0.2) is 0 Å². The first-order valence-electron chi connectivity index (χ1n) is 8.00. The second-order valence-electron chi connectivity index (χ2n) is 6.80. The number of ether oxygens (including phenoxy) is 1. The third kappa shape index (κ3) is 3.50. The van der Waals surface area contributed by atoms with Gasteiger partial charge in [0.1, 0.15) is 12.4 Å². The fourth-order valence-corrected chi connectivity index (χ4v) is 3.23. The molecule has 5 nitrogen and oxygen atoms in total. The van der Waals surface area contributed by atoms with Gasteiger partial charge >= 0.3 is 0 Å². The molecule has 0 fully saturated rings. The maximum absolute atomic E-state index is 12.5. The molecule has 136 valence electrons. The van der Waals surface area contributed by atoms with Crippen LogP contribution in [0.1, 0.15) is 24.2 Å². The molecule has 0 aliphatic carbocycles. The van der Waals surface area contributed by atoms with Crippen molar-refractivity contribution >= 4 is 46.4 Å². The summed E-state index contributed by atoms with van der Waals surface area (Å²) in [6.45, 7) is 3.93. The molecule has 2 aromatic rings. The van der Waals surface area contributed by atoms with E-state index in [0.29, 0.717) is 27.7 Å². The van der Waals surface area contributed by atoms with E-state index >= 15 is 0 Å². The Bertz CT molecular complexity index is 896. The summed E-state index contributed by atoms with van der Waals surface area (Å²) < 4.78 is 5.81. The zero-order chi connectivity index (χ0) is 19.1. The zero-order valence-electron chi connectivity index (χ0n) is 14.6. The number of nitrogens with one attached hydrogen (secondary N) is 1. The Hall–Kier alpha value is -2.24. The highest BCUT2D eigenvalue weighted by Gasteiger charge is 2.36. The van der Waals surface area contributed by atoms with Crippen molar-refractivity contribution in [1.29, 1.82) is 0 Å². The molecule has 1 heterocycles. The summed E-state index contributed by atoms with van der Waals surface area (Å²) in [6.07, 6.45) is 0. The molecule has 1 aliphatic rings. The van der Waals surface area contributed by atoms with Crippen molar-refractivity contribution < 1.29 is 14.3 Å². The van der Waals surface area contributed by atoms with E-state index in [4.69, 9.17) is 27.9 Å². The van der Waals surface area contributed by atoms with Crippen molar-refractivity contribution in [3.63, 3.8) is 0 Å². The van der Waals surface area contributed by atoms with Crippen LogP contribution in [0.5, 0.6) is 5.75 Å². The predicted molar refractivity (Wildman–Crippen MR) is 104 cm³/mol. The fourth-order valence-electron chi connectivity index (χ4n) is 2.74. The van der Waals surface area contributed by atoms with E-state index in [1.54, 1.807) is 42.3 Å². The van der Waals surface area contributed by atoms with Crippen molar-refractivity contribution in [3.8, 4) is 5.75 Å². The van der Waals surface area contributed by atoms with Gasteiger partial charge in [-0.2, -0.15) is 0 Å². The summed E-state index contributed by atoms with van der Waals surface area (Å²) in [7, 11) is 1.71. The van der Waals surface area contributed by atoms with E-state index < -0.39 is 5.41 Å². The highest BCUT2D eigenvalue weighted by atomic mass is 35.5. The molecule has 7 heteroatoms. The summed E-state index contributed by atoms with van der Waals surface area (Å²) in [5.74, 6) is 0.150. The van der Waals surface area contributed by atoms with Crippen LogP contribution in [0.2, 0.25) is 10.0 Å². The second-order valence-corrected chi connectivity index (χ2v) is 7.64. The predicted octanol–water partition coefficient (Wildman–Crippen LogP) is 4.63. The third-order valence-electron chi connectivity index (χ3n) is 4.23. The molecule has 0 saturated heterocycles. The summed E-state index contributed by atoms with van der Waals surface area (Å²) in [5.41, 5.74) is 0.886. The van der Waals surface area contributed by atoms with Gasteiger partial charge in [0.05, 0.1) is 21.7 Å². The monoisotopic (exact) mass is 392 g/mol. The van der Waals surface area contributed by atoms with Gasteiger partial charge in [-0.15, -0.1) is 0 Å². The van der Waals surface area contributed by atoms with Crippen molar-refractivity contribution in [2.75, 3.05) is 23.9 Å². The van der Waals surface area contributed by atoms with Crippen molar-refractivity contribution in [2.24, 2.45) is 5.41 Å². The molecular formula is C19H18Cl2N2O3. The molecule has 0 unspecified atom stereocenters. The van der Waals surface area contributed by atoms with Crippen LogP contribution in [0.3, 0.4) is 0 Å². The normalized spacial score (nSPS) is 15.7. The first-order chi connectivity index (χ1) is 12.2. The van der Waals surface area contributed by atoms with Crippen molar-refractivity contribution in [1.82, 2.24) is 0 Å². The summed E-state index contributed by atoms with van der Waals surface area (Å²) in [6, 6.07) is 9.84.